The number of carbonyl (C=O) groups excluding carboxylic acids is 1. The number of amides is 1. The Morgan fingerprint density at radius 1 is 0.893 bits per heavy atom. The molecule has 0 aliphatic carbocycles. The third kappa shape index (κ3) is 4.24. The molecular weight excluding hydrogens is 352 g/mol. The lowest BCUT2D eigenvalue weighted by Gasteiger charge is -2.08. The van der Waals surface area contributed by atoms with E-state index in [0.29, 0.717) is 12.3 Å². The zero-order valence-corrected chi connectivity index (χ0v) is 15.0. The van der Waals surface area contributed by atoms with Crippen molar-refractivity contribution in [1.29, 1.82) is 0 Å². The molecule has 0 saturated carbocycles. The molecule has 0 aliphatic rings. The van der Waals surface area contributed by atoms with Gasteiger partial charge in [0, 0.05) is 5.69 Å². The molecule has 0 fully saturated rings. The van der Waals surface area contributed by atoms with Gasteiger partial charge >= 0.3 is 0 Å². The number of hydrogen-bond donors (Lipinski definition) is 1. The first-order chi connectivity index (χ1) is 13.8. The Labute approximate surface area is 162 Å². The van der Waals surface area contributed by atoms with E-state index in [1.165, 1.54) is 11.0 Å². The second-order valence-electron chi connectivity index (χ2n) is 6.11. The molecule has 4 aromatic rings. The highest BCUT2D eigenvalue weighted by Crippen LogP contribution is 2.17. The van der Waals surface area contributed by atoms with Crippen LogP contribution in [0.3, 0.4) is 0 Å². The zero-order valence-electron chi connectivity index (χ0n) is 15.0. The van der Waals surface area contributed by atoms with Gasteiger partial charge in [0.2, 0.25) is 0 Å². The fraction of sp³-hybridized carbons (Fsp3) is 0.0455. The highest BCUT2D eigenvalue weighted by Gasteiger charge is 2.12. The largest absolute Gasteiger partial charge is 0.489 e. The third-order valence-electron chi connectivity index (χ3n) is 4.07. The van der Waals surface area contributed by atoms with Crippen molar-refractivity contribution in [3.63, 3.8) is 0 Å². The van der Waals surface area contributed by atoms with Gasteiger partial charge in [0.1, 0.15) is 12.4 Å². The SMILES string of the molecule is O=C(Nc1ccc(OCc2ccccc2)cc1)c1cnn(-c2ccccc2)n1. The second kappa shape index (κ2) is 8.18. The highest BCUT2D eigenvalue weighted by molar-refractivity contribution is 6.02. The molecule has 6 nitrogen and oxygen atoms in total. The Morgan fingerprint density at radius 3 is 2.29 bits per heavy atom. The van der Waals surface area contributed by atoms with Crippen LogP contribution in [-0.4, -0.2) is 20.9 Å². The van der Waals surface area contributed by atoms with Crippen LogP contribution in [-0.2, 0) is 6.61 Å². The minimum atomic E-state index is -0.319. The van der Waals surface area contributed by atoms with Gasteiger partial charge in [-0.2, -0.15) is 9.90 Å². The number of para-hydroxylation sites is 1. The fourth-order valence-electron chi connectivity index (χ4n) is 2.62. The maximum absolute atomic E-state index is 12.4. The smallest absolute Gasteiger partial charge is 0.277 e. The van der Waals surface area contributed by atoms with Crippen LogP contribution in [0, 0.1) is 0 Å². The summed E-state index contributed by atoms with van der Waals surface area (Å²) < 4.78 is 5.75. The molecule has 0 bridgehead atoms. The van der Waals surface area contributed by atoms with Crippen LogP contribution < -0.4 is 10.1 Å². The lowest BCUT2D eigenvalue weighted by atomic mass is 10.2. The van der Waals surface area contributed by atoms with Crippen molar-refractivity contribution in [2.24, 2.45) is 0 Å². The van der Waals surface area contributed by atoms with Crippen LogP contribution in [0.2, 0.25) is 0 Å². The molecule has 0 atom stereocenters. The molecule has 4 rings (SSSR count). The summed E-state index contributed by atoms with van der Waals surface area (Å²) in [6, 6.07) is 26.6. The number of hydrogen-bond acceptors (Lipinski definition) is 4. The van der Waals surface area contributed by atoms with Crippen molar-refractivity contribution < 1.29 is 9.53 Å². The summed E-state index contributed by atoms with van der Waals surface area (Å²) >= 11 is 0. The van der Waals surface area contributed by atoms with Crippen LogP contribution in [0.25, 0.3) is 5.69 Å². The molecule has 1 amide bonds. The lowest BCUT2D eigenvalue weighted by Crippen LogP contribution is -2.13. The van der Waals surface area contributed by atoms with E-state index >= 15 is 0 Å². The monoisotopic (exact) mass is 370 g/mol. The summed E-state index contributed by atoms with van der Waals surface area (Å²) in [6.45, 7) is 0.495. The zero-order chi connectivity index (χ0) is 19.2. The number of rotatable bonds is 6. The summed E-state index contributed by atoms with van der Waals surface area (Å²) in [5.41, 5.74) is 2.79. The molecule has 138 valence electrons. The standard InChI is InChI=1S/C22H18N4O2/c27-22(21-15-23-26(25-21)19-9-5-2-6-10-19)24-18-11-13-20(14-12-18)28-16-17-7-3-1-4-8-17/h1-15H,16H2,(H,24,27). The summed E-state index contributed by atoms with van der Waals surface area (Å²) in [5.74, 6) is 0.414. The van der Waals surface area contributed by atoms with Gasteiger partial charge in [0.25, 0.3) is 5.91 Å². The number of nitrogens with zero attached hydrogens (tertiary/aromatic N) is 3. The molecule has 3 aromatic carbocycles. The summed E-state index contributed by atoms with van der Waals surface area (Å²) in [5, 5.41) is 11.2. The van der Waals surface area contributed by atoms with Gasteiger partial charge in [-0.05, 0) is 42.0 Å². The van der Waals surface area contributed by atoms with E-state index in [1.807, 2.05) is 72.8 Å². The predicted molar refractivity (Wildman–Crippen MR) is 107 cm³/mol. The van der Waals surface area contributed by atoms with Crippen molar-refractivity contribution >= 4 is 11.6 Å². The summed E-state index contributed by atoms with van der Waals surface area (Å²) in [6.07, 6.45) is 1.44. The van der Waals surface area contributed by atoms with Gasteiger partial charge in [-0.1, -0.05) is 48.5 Å². The minimum absolute atomic E-state index is 0.244. The summed E-state index contributed by atoms with van der Waals surface area (Å²) in [7, 11) is 0. The number of benzene rings is 3. The Morgan fingerprint density at radius 2 is 1.57 bits per heavy atom. The van der Waals surface area contributed by atoms with Crippen LogP contribution in [0.15, 0.2) is 91.1 Å². The van der Waals surface area contributed by atoms with Crippen LogP contribution in [0.4, 0.5) is 5.69 Å². The Balaban J connectivity index is 1.36. The average molecular weight is 370 g/mol. The first-order valence-corrected chi connectivity index (χ1v) is 8.84. The van der Waals surface area contributed by atoms with Crippen molar-refractivity contribution in [2.75, 3.05) is 5.32 Å². The third-order valence-corrected chi connectivity index (χ3v) is 4.07. The molecule has 0 unspecified atom stereocenters. The molecule has 28 heavy (non-hydrogen) atoms. The second-order valence-corrected chi connectivity index (χ2v) is 6.11. The van der Waals surface area contributed by atoms with Crippen molar-refractivity contribution in [1.82, 2.24) is 15.0 Å². The van der Waals surface area contributed by atoms with Gasteiger partial charge < -0.3 is 10.1 Å². The van der Waals surface area contributed by atoms with Crippen molar-refractivity contribution in [2.45, 2.75) is 6.61 Å². The van der Waals surface area contributed by atoms with E-state index in [9.17, 15) is 4.79 Å². The Bertz CT molecular complexity index is 1040. The first-order valence-electron chi connectivity index (χ1n) is 8.84. The molecule has 1 N–H and O–H groups in total. The first kappa shape index (κ1) is 17.5. The van der Waals surface area contributed by atoms with E-state index in [4.69, 9.17) is 4.74 Å². The predicted octanol–water partition coefficient (Wildman–Crippen LogP) is 4.10. The molecule has 0 saturated heterocycles. The van der Waals surface area contributed by atoms with Crippen molar-refractivity contribution in [3.05, 3.63) is 102 Å². The van der Waals surface area contributed by atoms with Gasteiger partial charge in [-0.25, -0.2) is 0 Å². The number of anilines is 1. The average Bonchev–Trinajstić information content (AvgIpc) is 3.25. The van der Waals surface area contributed by atoms with Gasteiger partial charge in [-0.15, -0.1) is 5.10 Å². The van der Waals surface area contributed by atoms with Crippen molar-refractivity contribution in [3.8, 4) is 11.4 Å². The van der Waals surface area contributed by atoms with E-state index in [1.54, 1.807) is 12.1 Å². The van der Waals surface area contributed by atoms with Gasteiger partial charge in [-0.3, -0.25) is 4.79 Å². The Hall–Kier alpha value is -3.93. The summed E-state index contributed by atoms with van der Waals surface area (Å²) in [4.78, 5) is 13.8. The quantitative estimate of drug-likeness (QED) is 0.555. The van der Waals surface area contributed by atoms with E-state index in [0.717, 1.165) is 17.0 Å². The van der Waals surface area contributed by atoms with E-state index < -0.39 is 0 Å². The van der Waals surface area contributed by atoms with Crippen LogP contribution >= 0.6 is 0 Å². The van der Waals surface area contributed by atoms with Crippen LogP contribution in [0.1, 0.15) is 16.1 Å². The fourth-order valence-corrected chi connectivity index (χ4v) is 2.62. The minimum Gasteiger partial charge on any atom is -0.489 e. The van der Waals surface area contributed by atoms with Gasteiger partial charge in [0.05, 0.1) is 11.9 Å². The molecule has 6 heteroatoms. The maximum Gasteiger partial charge on any atom is 0.277 e. The molecule has 0 radical (unpaired) electrons. The molecular formula is C22H18N4O2. The molecule has 1 heterocycles. The number of aromatic nitrogens is 3. The van der Waals surface area contributed by atoms with Crippen LogP contribution in [0.5, 0.6) is 5.75 Å². The lowest BCUT2D eigenvalue weighted by molar-refractivity contribution is 0.102. The molecule has 0 spiro atoms. The highest BCUT2D eigenvalue weighted by atomic mass is 16.5. The number of ether oxygens (including phenoxy) is 1. The number of nitrogens with one attached hydrogen (secondary N) is 1. The molecule has 0 aliphatic heterocycles. The Kier molecular flexibility index (Phi) is 5.11. The van der Waals surface area contributed by atoms with E-state index in [2.05, 4.69) is 15.5 Å². The maximum atomic E-state index is 12.4. The topological polar surface area (TPSA) is 69.0 Å². The van der Waals surface area contributed by atoms with E-state index in [-0.39, 0.29) is 11.6 Å². The number of carbonyl (C=O) groups is 1. The normalized spacial score (nSPS) is 10.4. The molecule has 1 aromatic heterocycles. The van der Waals surface area contributed by atoms with Gasteiger partial charge in [0.15, 0.2) is 5.69 Å².